The van der Waals surface area contributed by atoms with Gasteiger partial charge < -0.3 is 14.8 Å². The molecule has 0 aliphatic carbocycles. The molecular weight excluding hydrogens is 343 g/mol. The second-order valence-electron chi connectivity index (χ2n) is 6.96. The van der Waals surface area contributed by atoms with Gasteiger partial charge in [0.2, 0.25) is 0 Å². The molecule has 2 saturated heterocycles. The van der Waals surface area contributed by atoms with Gasteiger partial charge in [-0.25, -0.2) is 0 Å². The highest BCUT2D eigenvalue weighted by Crippen LogP contribution is 2.38. The van der Waals surface area contributed by atoms with Crippen LogP contribution in [0.25, 0.3) is 0 Å². The third-order valence-corrected chi connectivity index (χ3v) is 4.92. The number of benzene rings is 2. The van der Waals surface area contributed by atoms with Gasteiger partial charge in [0.25, 0.3) is 0 Å². The molecule has 0 radical (unpaired) electrons. The molecule has 2 heterocycles. The molecule has 26 heavy (non-hydrogen) atoms. The van der Waals surface area contributed by atoms with Crippen LogP contribution in [0, 0.1) is 0 Å². The van der Waals surface area contributed by atoms with Crippen molar-refractivity contribution in [1.82, 2.24) is 5.32 Å². The lowest BCUT2D eigenvalue weighted by Gasteiger charge is -2.29. The highest BCUT2D eigenvalue weighted by atomic mass is 19.4. The van der Waals surface area contributed by atoms with E-state index in [0.717, 1.165) is 37.8 Å². The van der Waals surface area contributed by atoms with Crippen molar-refractivity contribution < 1.29 is 22.6 Å². The zero-order valence-corrected chi connectivity index (χ0v) is 14.1. The Morgan fingerprint density at radius 2 is 1.50 bits per heavy atom. The van der Waals surface area contributed by atoms with E-state index in [4.69, 9.17) is 9.47 Å². The molecule has 2 fully saturated rings. The van der Waals surface area contributed by atoms with Gasteiger partial charge in [0.05, 0.1) is 5.56 Å². The van der Waals surface area contributed by atoms with Gasteiger partial charge in [-0.1, -0.05) is 18.2 Å². The van der Waals surface area contributed by atoms with Gasteiger partial charge in [0.1, 0.15) is 23.4 Å². The molecule has 1 unspecified atom stereocenters. The summed E-state index contributed by atoms with van der Waals surface area (Å²) in [6, 6.07) is 13.2. The lowest BCUT2D eigenvalue weighted by atomic mass is 10.0. The number of nitrogens with one attached hydrogen (secondary N) is 1. The Morgan fingerprint density at radius 3 is 2.15 bits per heavy atom. The van der Waals surface area contributed by atoms with Crippen LogP contribution < -0.4 is 14.8 Å². The molecule has 2 bridgehead atoms. The number of piperidine rings is 1. The summed E-state index contributed by atoms with van der Waals surface area (Å²) in [5.74, 6) is 0.813. The van der Waals surface area contributed by atoms with Crippen molar-refractivity contribution in [2.24, 2.45) is 0 Å². The maximum absolute atomic E-state index is 13.3. The summed E-state index contributed by atoms with van der Waals surface area (Å²) in [4.78, 5) is 0. The van der Waals surface area contributed by atoms with Gasteiger partial charge in [-0.3, -0.25) is 0 Å². The van der Waals surface area contributed by atoms with Gasteiger partial charge >= 0.3 is 6.18 Å². The van der Waals surface area contributed by atoms with E-state index < -0.39 is 11.7 Å². The van der Waals surface area contributed by atoms with Crippen LogP contribution in [0.2, 0.25) is 0 Å². The normalized spacial score (nSPS) is 25.1. The van der Waals surface area contributed by atoms with E-state index >= 15 is 0 Å². The number of halogens is 3. The van der Waals surface area contributed by atoms with E-state index in [9.17, 15) is 13.2 Å². The summed E-state index contributed by atoms with van der Waals surface area (Å²) in [5, 5.41) is 3.50. The zero-order chi connectivity index (χ0) is 18.1. The van der Waals surface area contributed by atoms with E-state index in [1.807, 2.05) is 6.07 Å². The van der Waals surface area contributed by atoms with Crippen LogP contribution in [0.15, 0.2) is 48.5 Å². The third-order valence-electron chi connectivity index (χ3n) is 4.92. The minimum atomic E-state index is -4.46. The van der Waals surface area contributed by atoms with Gasteiger partial charge in [-0.15, -0.1) is 0 Å². The van der Waals surface area contributed by atoms with E-state index in [0.29, 0.717) is 17.8 Å². The summed E-state index contributed by atoms with van der Waals surface area (Å²) in [7, 11) is 0. The Bertz CT molecular complexity index is 751. The predicted molar refractivity (Wildman–Crippen MR) is 91.6 cm³/mol. The number of fused-ring (bicyclic) bond motifs is 2. The molecule has 1 N–H and O–H groups in total. The van der Waals surface area contributed by atoms with Crippen molar-refractivity contribution in [3.8, 4) is 17.2 Å². The number of hydrogen-bond donors (Lipinski definition) is 1. The van der Waals surface area contributed by atoms with Crippen molar-refractivity contribution in [3.05, 3.63) is 54.1 Å². The number of ether oxygens (including phenoxy) is 2. The lowest BCUT2D eigenvalue weighted by Crippen LogP contribution is -2.42. The molecule has 0 spiro atoms. The molecule has 4 rings (SSSR count). The van der Waals surface area contributed by atoms with Crippen molar-refractivity contribution in [2.45, 2.75) is 50.0 Å². The maximum atomic E-state index is 13.3. The monoisotopic (exact) mass is 363 g/mol. The second kappa shape index (κ2) is 6.83. The largest absolute Gasteiger partial charge is 0.490 e. The number of hydrogen-bond acceptors (Lipinski definition) is 3. The zero-order valence-electron chi connectivity index (χ0n) is 14.1. The lowest BCUT2D eigenvalue weighted by molar-refractivity contribution is -0.137. The SMILES string of the molecule is FC(F)(F)c1cc(Oc2ccccc2)cc(OC2C[C@H]3CC[C@@H](C2)N3)c1. The molecule has 3 nitrogen and oxygen atoms in total. The molecular formula is C20H20F3NO2. The van der Waals surface area contributed by atoms with Crippen molar-refractivity contribution >= 4 is 0 Å². The fourth-order valence-corrected chi connectivity index (χ4v) is 3.78. The smallest absolute Gasteiger partial charge is 0.416 e. The highest BCUT2D eigenvalue weighted by Gasteiger charge is 2.35. The van der Waals surface area contributed by atoms with Crippen LogP contribution in [0.5, 0.6) is 17.2 Å². The van der Waals surface area contributed by atoms with Crippen LogP contribution in [0.3, 0.4) is 0 Å². The fraction of sp³-hybridized carbons (Fsp3) is 0.400. The molecule has 0 saturated carbocycles. The predicted octanol–water partition coefficient (Wildman–Crippen LogP) is 5.16. The Labute approximate surface area is 150 Å². The van der Waals surface area contributed by atoms with E-state index in [2.05, 4.69) is 5.32 Å². The first kappa shape index (κ1) is 17.2. The summed E-state index contributed by atoms with van der Waals surface area (Å²) >= 11 is 0. The first-order valence-electron chi connectivity index (χ1n) is 8.83. The molecule has 2 aromatic carbocycles. The Balaban J connectivity index is 1.57. The van der Waals surface area contributed by atoms with Gasteiger partial charge in [-0.2, -0.15) is 13.2 Å². The van der Waals surface area contributed by atoms with Crippen molar-refractivity contribution in [3.63, 3.8) is 0 Å². The summed E-state index contributed by atoms with van der Waals surface area (Å²) in [6.45, 7) is 0. The minimum Gasteiger partial charge on any atom is -0.490 e. The highest BCUT2D eigenvalue weighted by molar-refractivity contribution is 5.42. The number of para-hydroxylation sites is 1. The average Bonchev–Trinajstić information content (AvgIpc) is 2.93. The van der Waals surface area contributed by atoms with Crippen LogP contribution in [0.1, 0.15) is 31.2 Å². The first-order valence-corrected chi connectivity index (χ1v) is 8.83. The van der Waals surface area contributed by atoms with Crippen molar-refractivity contribution in [2.75, 3.05) is 0 Å². The Hall–Kier alpha value is -2.21. The van der Waals surface area contributed by atoms with Crippen LogP contribution in [0.4, 0.5) is 13.2 Å². The van der Waals surface area contributed by atoms with Crippen molar-refractivity contribution in [1.29, 1.82) is 0 Å². The summed E-state index contributed by atoms with van der Waals surface area (Å²) < 4.78 is 51.4. The standard InChI is InChI=1S/C20H20F3NO2/c21-20(22,23)13-8-17(25-16-4-2-1-3-5-16)12-18(9-13)26-19-10-14-6-7-15(11-19)24-14/h1-5,8-9,12,14-15,19,24H,6-7,10-11H2/t14-,15+,19?. The number of alkyl halides is 3. The van der Waals surface area contributed by atoms with E-state index in [-0.39, 0.29) is 17.6 Å². The second-order valence-corrected chi connectivity index (χ2v) is 6.96. The maximum Gasteiger partial charge on any atom is 0.416 e. The minimum absolute atomic E-state index is 0.0678. The van der Waals surface area contributed by atoms with Gasteiger partial charge in [0.15, 0.2) is 0 Å². The fourth-order valence-electron chi connectivity index (χ4n) is 3.78. The first-order chi connectivity index (χ1) is 12.5. The molecule has 6 heteroatoms. The quantitative estimate of drug-likeness (QED) is 0.814. The molecule has 2 aromatic rings. The molecule has 3 atom stereocenters. The van der Waals surface area contributed by atoms with E-state index in [1.165, 1.54) is 6.07 Å². The molecule has 2 aliphatic heterocycles. The summed E-state index contributed by atoms with van der Waals surface area (Å²) in [6.07, 6.45) is -0.669. The Morgan fingerprint density at radius 1 is 0.846 bits per heavy atom. The van der Waals surface area contributed by atoms with Gasteiger partial charge in [0, 0.05) is 18.2 Å². The third kappa shape index (κ3) is 3.96. The average molecular weight is 363 g/mol. The summed E-state index contributed by atoms with van der Waals surface area (Å²) in [5.41, 5.74) is -0.766. The van der Waals surface area contributed by atoms with Gasteiger partial charge in [-0.05, 0) is 49.9 Å². The molecule has 2 aliphatic rings. The van der Waals surface area contributed by atoms with E-state index in [1.54, 1.807) is 24.3 Å². The van der Waals surface area contributed by atoms with Crippen LogP contribution in [-0.2, 0) is 6.18 Å². The molecule has 138 valence electrons. The van der Waals surface area contributed by atoms with Crippen LogP contribution in [-0.4, -0.2) is 18.2 Å². The number of rotatable bonds is 4. The Kier molecular flexibility index (Phi) is 4.53. The molecule has 0 aromatic heterocycles. The van der Waals surface area contributed by atoms with Crippen LogP contribution >= 0.6 is 0 Å². The molecule has 0 amide bonds. The topological polar surface area (TPSA) is 30.5 Å².